The molecule has 0 saturated heterocycles. The molecule has 1 N–H and O–H groups in total. The third-order valence-electron chi connectivity index (χ3n) is 12.2. The third kappa shape index (κ3) is 6.98. The van der Waals surface area contributed by atoms with Crippen molar-refractivity contribution in [3.05, 3.63) is 272 Å². The molecule has 9 aromatic rings. The van der Waals surface area contributed by atoms with E-state index in [1.807, 2.05) is 243 Å². The topological polar surface area (TPSA) is 107 Å². The van der Waals surface area contributed by atoms with Gasteiger partial charge in [-0.1, -0.05) is 0 Å². The van der Waals surface area contributed by atoms with Gasteiger partial charge in [0.15, 0.2) is 0 Å². The van der Waals surface area contributed by atoms with Gasteiger partial charge in [-0.3, -0.25) is 0 Å². The number of carbonyl (C=O) groups is 2. The Kier molecular flexibility index (Phi) is 11.7. The van der Waals surface area contributed by atoms with Crippen molar-refractivity contribution >= 4 is 78.2 Å². The maximum atomic E-state index is 15.6. The van der Waals surface area contributed by atoms with Crippen molar-refractivity contribution < 1.29 is 31.6 Å². The molecule has 0 amide bonds. The molecule has 0 aliphatic rings. The van der Waals surface area contributed by atoms with Gasteiger partial charge in [-0.05, 0) is 0 Å². The molecule has 10 heteroatoms. The second kappa shape index (κ2) is 17.6. The number of carbonyl (C=O) groups excluding carboxylic acids is 2. The fraction of sp³-hybridized carbons (Fsp3) is 0. The minimum atomic E-state index is -5.04. The molecule has 0 aromatic heterocycles. The molecule has 0 atom stereocenters. The van der Waals surface area contributed by atoms with E-state index in [4.69, 9.17) is 9.05 Å². The Morgan fingerprint density at radius 2 is 0.500 bits per heavy atom. The van der Waals surface area contributed by atoms with Gasteiger partial charge in [-0.2, -0.15) is 0 Å². The fourth-order valence-electron chi connectivity index (χ4n) is 9.33. The summed E-state index contributed by atoms with van der Waals surface area (Å²) in [4.78, 5) is 30.6. The summed E-state index contributed by atoms with van der Waals surface area (Å²) in [5.41, 5.74) is -0.604. The Bertz CT molecular complexity index is 2710. The number of benzene rings is 9. The molecule has 0 bridgehead atoms. The van der Waals surface area contributed by atoms with Gasteiger partial charge in [-0.15, -0.1) is 0 Å². The Balaban J connectivity index is 1.32. The van der Waals surface area contributed by atoms with E-state index in [1.165, 1.54) is 6.07 Å². The van der Waals surface area contributed by atoms with Crippen molar-refractivity contribution in [1.82, 2.24) is 0 Å². The van der Waals surface area contributed by atoms with Gasteiger partial charge < -0.3 is 0 Å². The van der Waals surface area contributed by atoms with Crippen LogP contribution in [0.2, 0.25) is 0 Å². The monoisotopic (exact) mass is 922 g/mol. The molecule has 0 unspecified atom stereocenters. The molecule has 0 aliphatic carbocycles. The molecule has 326 valence electrons. The quantitative estimate of drug-likeness (QED) is 0.0911. The molecule has 0 radical (unpaired) electrons. The zero-order valence-corrected chi connectivity index (χ0v) is 38.1. The van der Waals surface area contributed by atoms with Crippen molar-refractivity contribution in [1.29, 1.82) is 0 Å². The third-order valence-corrected chi connectivity index (χ3v) is 24.4. The first-order valence-corrected chi connectivity index (χ1v) is 27.0. The van der Waals surface area contributed by atoms with Crippen LogP contribution in [0, 0.1) is 0 Å². The van der Waals surface area contributed by atoms with E-state index in [2.05, 4.69) is 0 Å². The summed E-state index contributed by atoms with van der Waals surface area (Å²) < 4.78 is 52.1. The fourth-order valence-corrected chi connectivity index (χ4v) is 21.1. The molecule has 7 nitrogen and oxygen atoms in total. The SMILES string of the molecule is O=C(OP(c1ccccc1)(c1ccccc1)(c1ccccc1)c1ccccc1)c1cc(C(=O)OP(c2ccccc2)(c2ccccc2)(c2ccccc2)c2ccccc2)cc(S(=O)(=O)O)c1. The van der Waals surface area contributed by atoms with Gasteiger partial charge in [0, 0.05) is 0 Å². The second-order valence-electron chi connectivity index (χ2n) is 15.7. The van der Waals surface area contributed by atoms with E-state index in [9.17, 15) is 13.0 Å². The van der Waals surface area contributed by atoms with E-state index in [0.29, 0.717) is 42.4 Å². The van der Waals surface area contributed by atoms with E-state index < -0.39 is 40.6 Å². The predicted molar refractivity (Wildman–Crippen MR) is 270 cm³/mol. The maximum absolute atomic E-state index is 15.6. The first-order valence-electron chi connectivity index (χ1n) is 21.2. The van der Waals surface area contributed by atoms with Gasteiger partial charge in [0.05, 0.1) is 0 Å². The normalized spacial score (nSPS) is 12.9. The summed E-state index contributed by atoms with van der Waals surface area (Å²) in [6, 6.07) is 79.5. The van der Waals surface area contributed by atoms with Crippen LogP contribution in [0.15, 0.2) is 266 Å². The van der Waals surface area contributed by atoms with Crippen LogP contribution in [-0.4, -0.2) is 24.9 Å². The molecular weight excluding hydrogens is 879 g/mol. The molecule has 0 saturated carbocycles. The van der Waals surface area contributed by atoms with E-state index in [1.54, 1.807) is 0 Å². The van der Waals surface area contributed by atoms with Crippen LogP contribution in [0.25, 0.3) is 0 Å². The average Bonchev–Trinajstić information content (AvgIpc) is 3.39. The van der Waals surface area contributed by atoms with Crippen molar-refractivity contribution in [3.8, 4) is 0 Å². The van der Waals surface area contributed by atoms with E-state index in [-0.39, 0.29) is 11.1 Å². The molecular formula is C56H44O7P2S. The zero-order valence-electron chi connectivity index (χ0n) is 35.5. The van der Waals surface area contributed by atoms with E-state index >= 15 is 9.59 Å². The van der Waals surface area contributed by atoms with Gasteiger partial charge in [0.1, 0.15) is 0 Å². The van der Waals surface area contributed by atoms with Gasteiger partial charge >= 0.3 is 387 Å². The number of hydrogen-bond donors (Lipinski definition) is 1. The molecule has 66 heavy (non-hydrogen) atoms. The van der Waals surface area contributed by atoms with Crippen LogP contribution in [0.5, 0.6) is 0 Å². The van der Waals surface area contributed by atoms with Crippen LogP contribution in [-0.2, 0) is 19.2 Å². The Hall–Kier alpha value is -7.31. The summed E-state index contributed by atoms with van der Waals surface area (Å²) in [7, 11) is -5.04. The molecule has 0 heterocycles. The number of rotatable bonds is 13. The first-order chi connectivity index (χ1) is 32.1. The van der Waals surface area contributed by atoms with Gasteiger partial charge in [-0.25, -0.2) is 0 Å². The van der Waals surface area contributed by atoms with Crippen molar-refractivity contribution in [2.45, 2.75) is 4.90 Å². The molecule has 0 spiro atoms. The summed E-state index contributed by atoms with van der Waals surface area (Å²) in [6.45, 7) is -9.30. The Morgan fingerprint density at radius 3 is 0.667 bits per heavy atom. The molecule has 0 fully saturated rings. The Labute approximate surface area is 384 Å². The summed E-state index contributed by atoms with van der Waals surface area (Å²) in [5, 5.41) is 5.55. The van der Waals surface area contributed by atoms with Crippen molar-refractivity contribution in [2.24, 2.45) is 0 Å². The molecule has 0 aliphatic heterocycles. The van der Waals surface area contributed by atoms with Crippen LogP contribution < -0.4 is 42.4 Å². The zero-order chi connectivity index (χ0) is 45.7. The van der Waals surface area contributed by atoms with Crippen LogP contribution >= 0.6 is 13.7 Å². The van der Waals surface area contributed by atoms with Crippen LogP contribution in [0.3, 0.4) is 0 Å². The molecule has 9 aromatic carbocycles. The average molecular weight is 923 g/mol. The van der Waals surface area contributed by atoms with Crippen molar-refractivity contribution in [3.63, 3.8) is 0 Å². The Morgan fingerprint density at radius 1 is 0.318 bits per heavy atom. The first kappa shape index (κ1) is 43.9. The summed E-state index contributed by atoms with van der Waals surface area (Å²) in [5.74, 6) is -1.88. The van der Waals surface area contributed by atoms with Crippen LogP contribution in [0.1, 0.15) is 20.7 Å². The minimum absolute atomic E-state index is 0.302. The summed E-state index contributed by atoms with van der Waals surface area (Å²) >= 11 is 0. The molecule has 9 rings (SSSR count). The number of hydrogen-bond acceptors (Lipinski definition) is 6. The van der Waals surface area contributed by atoms with E-state index in [0.717, 1.165) is 12.1 Å². The van der Waals surface area contributed by atoms with Gasteiger partial charge in [0.25, 0.3) is 0 Å². The standard InChI is InChI=1S/C56H44O7P2S/c57-55(62-64(46-25-9-1-10-26-46,47-27-11-2-12-28-47,48-29-13-3-14-30-48)49-31-15-4-16-32-49)44-41-45(43-54(42-44)66(59,60)61)56(58)63-65(50-33-17-5-18-34-50,51-35-19-6-20-36-51,52-37-21-7-22-38-52)53-39-23-8-24-40-53/h1-43H,(H,59,60,61). The second-order valence-corrected chi connectivity index (χ2v) is 25.8. The van der Waals surface area contributed by atoms with Gasteiger partial charge in [0.2, 0.25) is 0 Å². The summed E-state index contributed by atoms with van der Waals surface area (Å²) in [6.07, 6.45) is 0. The predicted octanol–water partition coefficient (Wildman–Crippen LogP) is 8.79. The van der Waals surface area contributed by atoms with Crippen LogP contribution in [0.4, 0.5) is 0 Å². The van der Waals surface area contributed by atoms with Crippen molar-refractivity contribution in [2.75, 3.05) is 0 Å².